The molecular weight excluding hydrogens is 321 g/mol. The zero-order chi connectivity index (χ0) is 17.7. The Morgan fingerprint density at radius 2 is 2.04 bits per heavy atom. The second-order valence-electron chi connectivity index (χ2n) is 4.87. The van der Waals surface area contributed by atoms with Gasteiger partial charge in [0.1, 0.15) is 17.3 Å². The van der Waals surface area contributed by atoms with Gasteiger partial charge in [-0.05, 0) is 23.8 Å². The molecular formula is C16H15F3N4O. The Kier molecular flexibility index (Phi) is 5.41. The summed E-state index contributed by atoms with van der Waals surface area (Å²) in [4.78, 5) is 15.9. The molecule has 1 heterocycles. The number of benzene rings is 1. The average molecular weight is 336 g/mol. The number of carbonyl (C=O) groups excluding carboxylic acids is 1. The lowest BCUT2D eigenvalue weighted by Gasteiger charge is -2.18. The Labute approximate surface area is 136 Å². The summed E-state index contributed by atoms with van der Waals surface area (Å²) in [7, 11) is 0. The van der Waals surface area contributed by atoms with Crippen molar-refractivity contribution in [2.45, 2.75) is 13.0 Å². The van der Waals surface area contributed by atoms with Crippen molar-refractivity contribution >= 4 is 11.7 Å². The monoisotopic (exact) mass is 336 g/mol. The summed E-state index contributed by atoms with van der Waals surface area (Å²) in [6.45, 7) is 3.65. The van der Waals surface area contributed by atoms with Crippen LogP contribution in [0.1, 0.15) is 5.56 Å². The van der Waals surface area contributed by atoms with Gasteiger partial charge in [0, 0.05) is 18.4 Å². The maximum Gasteiger partial charge on any atom is 0.280 e. The number of amidine groups is 1. The van der Waals surface area contributed by atoms with E-state index in [1.807, 2.05) is 0 Å². The Balaban J connectivity index is 2.10. The van der Waals surface area contributed by atoms with Crippen molar-refractivity contribution < 1.29 is 18.0 Å². The third kappa shape index (κ3) is 4.25. The van der Waals surface area contributed by atoms with Gasteiger partial charge in [0.25, 0.3) is 12.3 Å². The van der Waals surface area contributed by atoms with Crippen molar-refractivity contribution in [1.82, 2.24) is 10.6 Å². The van der Waals surface area contributed by atoms with E-state index >= 15 is 0 Å². The minimum atomic E-state index is -2.81. The number of alkyl halides is 2. The van der Waals surface area contributed by atoms with Crippen LogP contribution in [0.2, 0.25) is 0 Å². The molecule has 0 aromatic heterocycles. The van der Waals surface area contributed by atoms with Crippen LogP contribution in [0.3, 0.4) is 0 Å². The predicted octanol–water partition coefficient (Wildman–Crippen LogP) is 1.95. The Hall–Kier alpha value is -3.03. The van der Waals surface area contributed by atoms with Crippen LogP contribution in [0.25, 0.3) is 0 Å². The number of nitrogens with one attached hydrogen (secondary N) is 2. The summed E-state index contributed by atoms with van der Waals surface area (Å²) in [5, 5.41) is 5.18. The Morgan fingerprint density at radius 1 is 1.38 bits per heavy atom. The van der Waals surface area contributed by atoms with Crippen LogP contribution in [0, 0.1) is 5.82 Å². The minimum absolute atomic E-state index is 0.107. The molecule has 1 aliphatic heterocycles. The van der Waals surface area contributed by atoms with E-state index in [1.54, 1.807) is 0 Å². The Bertz CT molecular complexity index is 736. The highest BCUT2D eigenvalue weighted by atomic mass is 19.3. The quantitative estimate of drug-likeness (QED) is 0.719. The van der Waals surface area contributed by atoms with Gasteiger partial charge in [-0.3, -0.25) is 4.79 Å². The second kappa shape index (κ2) is 7.49. The number of hydrogen-bond acceptors (Lipinski definition) is 4. The molecule has 1 aromatic carbocycles. The van der Waals surface area contributed by atoms with Crippen LogP contribution in [0.15, 0.2) is 65.1 Å². The van der Waals surface area contributed by atoms with E-state index in [1.165, 1.54) is 24.3 Å². The van der Waals surface area contributed by atoms with Gasteiger partial charge in [-0.15, -0.1) is 0 Å². The lowest BCUT2D eigenvalue weighted by atomic mass is 10.1. The molecule has 5 nitrogen and oxygen atoms in total. The minimum Gasteiger partial charge on any atom is -0.404 e. The molecule has 4 N–H and O–H groups in total. The third-order valence-electron chi connectivity index (χ3n) is 3.10. The molecule has 0 aliphatic carbocycles. The van der Waals surface area contributed by atoms with Crippen LogP contribution in [0.5, 0.6) is 0 Å². The van der Waals surface area contributed by atoms with Gasteiger partial charge in [0.05, 0.1) is 5.57 Å². The van der Waals surface area contributed by atoms with Gasteiger partial charge in [0.2, 0.25) is 0 Å². The molecule has 1 amide bonds. The number of nitrogens with two attached hydrogens (primary N) is 1. The molecule has 1 aliphatic rings. The smallest absolute Gasteiger partial charge is 0.280 e. The van der Waals surface area contributed by atoms with Crippen molar-refractivity contribution in [3.05, 3.63) is 71.5 Å². The van der Waals surface area contributed by atoms with Crippen LogP contribution in [0.4, 0.5) is 13.2 Å². The van der Waals surface area contributed by atoms with Crippen LogP contribution >= 0.6 is 0 Å². The first-order valence-corrected chi connectivity index (χ1v) is 6.90. The average Bonchev–Trinajstić information content (AvgIpc) is 2.54. The first-order valence-electron chi connectivity index (χ1n) is 6.90. The van der Waals surface area contributed by atoms with Crippen LogP contribution in [-0.2, 0) is 11.3 Å². The number of amides is 1. The van der Waals surface area contributed by atoms with E-state index in [4.69, 9.17) is 5.73 Å². The molecule has 126 valence electrons. The number of allylic oxidation sites excluding steroid dienone is 2. The zero-order valence-electron chi connectivity index (χ0n) is 12.5. The molecule has 0 atom stereocenters. The van der Waals surface area contributed by atoms with Crippen LogP contribution in [-0.4, -0.2) is 18.2 Å². The van der Waals surface area contributed by atoms with Gasteiger partial charge in [-0.25, -0.2) is 18.2 Å². The first-order chi connectivity index (χ1) is 11.4. The van der Waals surface area contributed by atoms with Crippen molar-refractivity contribution in [1.29, 1.82) is 0 Å². The fourth-order valence-electron chi connectivity index (χ4n) is 1.94. The summed E-state index contributed by atoms with van der Waals surface area (Å²) >= 11 is 0. The van der Waals surface area contributed by atoms with E-state index in [-0.39, 0.29) is 23.7 Å². The normalized spacial score (nSPS) is 14.8. The Morgan fingerprint density at radius 3 is 2.62 bits per heavy atom. The molecule has 1 aromatic rings. The molecule has 8 heteroatoms. The highest BCUT2D eigenvalue weighted by Gasteiger charge is 2.22. The van der Waals surface area contributed by atoms with Crippen molar-refractivity contribution in [3.8, 4) is 0 Å². The number of nitrogens with zero attached hydrogens (tertiary/aromatic N) is 1. The lowest BCUT2D eigenvalue weighted by Crippen LogP contribution is -2.36. The number of hydrogen-bond donors (Lipinski definition) is 3. The summed E-state index contributed by atoms with van der Waals surface area (Å²) in [6.07, 6.45) is -0.758. The van der Waals surface area contributed by atoms with Crippen molar-refractivity contribution in [2.24, 2.45) is 10.7 Å². The largest absolute Gasteiger partial charge is 0.404 e. The highest BCUT2D eigenvalue weighted by molar-refractivity contribution is 6.21. The molecule has 0 spiro atoms. The standard InChI is InChI=1S/C16H15F3N4O/c1-9-6-13(14(18)19)23-15(22-9)12(7-20)16(24)21-8-10-2-4-11(17)5-3-10/h2-7,14H,1,8,20H2,(H,21,24)(H,22,23). The summed E-state index contributed by atoms with van der Waals surface area (Å²) < 4.78 is 38.5. The summed E-state index contributed by atoms with van der Waals surface area (Å²) in [6, 6.07) is 5.55. The number of halogens is 3. The number of rotatable bonds is 5. The number of aliphatic imine (C=N–C) groups is 1. The van der Waals surface area contributed by atoms with Gasteiger partial charge in [-0.2, -0.15) is 0 Å². The molecule has 0 unspecified atom stereocenters. The third-order valence-corrected chi connectivity index (χ3v) is 3.10. The number of carbonyl (C=O) groups is 1. The van der Waals surface area contributed by atoms with Gasteiger partial charge < -0.3 is 16.4 Å². The molecule has 0 fully saturated rings. The van der Waals surface area contributed by atoms with E-state index in [9.17, 15) is 18.0 Å². The summed E-state index contributed by atoms with van der Waals surface area (Å²) in [5.41, 5.74) is 5.64. The molecule has 2 rings (SSSR count). The fourth-order valence-corrected chi connectivity index (χ4v) is 1.94. The van der Waals surface area contributed by atoms with Gasteiger partial charge in [0.15, 0.2) is 0 Å². The maximum absolute atomic E-state index is 12.8. The molecule has 0 bridgehead atoms. The molecule has 0 saturated heterocycles. The first kappa shape index (κ1) is 17.3. The molecule has 24 heavy (non-hydrogen) atoms. The van der Waals surface area contributed by atoms with E-state index < -0.39 is 23.8 Å². The van der Waals surface area contributed by atoms with E-state index in [0.717, 1.165) is 12.3 Å². The predicted molar refractivity (Wildman–Crippen MR) is 84.3 cm³/mol. The SMILES string of the molecule is C=C1C=C(C(F)F)N=C(C(=CN)C(=O)NCc2ccc(F)cc2)N1. The topological polar surface area (TPSA) is 79.5 Å². The fraction of sp³-hybridized carbons (Fsp3) is 0.125. The second-order valence-corrected chi connectivity index (χ2v) is 4.87. The zero-order valence-corrected chi connectivity index (χ0v) is 12.5. The lowest BCUT2D eigenvalue weighted by molar-refractivity contribution is -0.117. The van der Waals surface area contributed by atoms with Crippen molar-refractivity contribution in [2.75, 3.05) is 0 Å². The highest BCUT2D eigenvalue weighted by Crippen LogP contribution is 2.17. The molecule has 0 saturated carbocycles. The van der Waals surface area contributed by atoms with Crippen molar-refractivity contribution in [3.63, 3.8) is 0 Å². The van der Waals surface area contributed by atoms with Crippen LogP contribution < -0.4 is 16.4 Å². The van der Waals surface area contributed by atoms with Gasteiger partial charge in [-0.1, -0.05) is 18.7 Å². The maximum atomic E-state index is 12.8. The van der Waals surface area contributed by atoms with E-state index in [2.05, 4.69) is 22.2 Å². The molecule has 0 radical (unpaired) electrons. The van der Waals surface area contributed by atoms with E-state index in [0.29, 0.717) is 5.56 Å². The summed E-state index contributed by atoms with van der Waals surface area (Å²) in [5.74, 6) is -1.12. The van der Waals surface area contributed by atoms with Gasteiger partial charge >= 0.3 is 0 Å².